The summed E-state index contributed by atoms with van der Waals surface area (Å²) < 4.78 is 15.5. The Kier molecular flexibility index (Phi) is 4.61. The molecule has 110 valence electrons. The summed E-state index contributed by atoms with van der Waals surface area (Å²) in [5.74, 6) is 0.295. The van der Waals surface area contributed by atoms with Crippen LogP contribution in [0.1, 0.15) is 15.9 Å². The maximum absolute atomic E-state index is 12.1. The van der Waals surface area contributed by atoms with Crippen LogP contribution in [0.5, 0.6) is 11.5 Å². The van der Waals surface area contributed by atoms with Gasteiger partial charge in [-0.3, -0.25) is 4.98 Å². The van der Waals surface area contributed by atoms with Crippen molar-refractivity contribution in [3.05, 3.63) is 47.8 Å². The summed E-state index contributed by atoms with van der Waals surface area (Å²) in [6.07, 6.45) is 3.26. The number of carbonyl (C=O) groups excluding carboxylic acids is 1. The standard InChI is InChI=1S/C15H16N2O4/c1-19-11-7-12(14(16)13(8-11)20-2)15(18)21-9-10-3-5-17-6-4-10/h3-8H,9,16H2,1-2H3. The lowest BCUT2D eigenvalue weighted by Gasteiger charge is -2.12. The van der Waals surface area contributed by atoms with Gasteiger partial charge in [0.15, 0.2) is 0 Å². The van der Waals surface area contributed by atoms with Gasteiger partial charge in [0.2, 0.25) is 0 Å². The summed E-state index contributed by atoms with van der Waals surface area (Å²) in [5.41, 5.74) is 7.16. The number of benzene rings is 1. The first-order valence-corrected chi connectivity index (χ1v) is 6.23. The smallest absolute Gasteiger partial charge is 0.340 e. The van der Waals surface area contributed by atoms with Crippen LogP contribution < -0.4 is 15.2 Å². The molecular formula is C15H16N2O4. The molecule has 0 aliphatic rings. The highest BCUT2D eigenvalue weighted by molar-refractivity contribution is 5.97. The Morgan fingerprint density at radius 3 is 2.52 bits per heavy atom. The highest BCUT2D eigenvalue weighted by Gasteiger charge is 2.17. The second-order valence-electron chi connectivity index (χ2n) is 4.22. The molecule has 0 aliphatic carbocycles. The number of aromatic nitrogens is 1. The number of esters is 1. The van der Waals surface area contributed by atoms with Gasteiger partial charge in [-0.25, -0.2) is 4.79 Å². The highest BCUT2D eigenvalue weighted by Crippen LogP contribution is 2.31. The maximum Gasteiger partial charge on any atom is 0.340 e. The van der Waals surface area contributed by atoms with E-state index in [-0.39, 0.29) is 17.9 Å². The van der Waals surface area contributed by atoms with E-state index in [9.17, 15) is 4.79 Å². The van der Waals surface area contributed by atoms with Crippen LogP contribution in [0.2, 0.25) is 0 Å². The molecule has 2 rings (SSSR count). The fourth-order valence-electron chi connectivity index (χ4n) is 1.76. The molecule has 0 aliphatic heterocycles. The van der Waals surface area contributed by atoms with Crippen molar-refractivity contribution < 1.29 is 19.0 Å². The average molecular weight is 288 g/mol. The molecule has 1 heterocycles. The van der Waals surface area contributed by atoms with E-state index in [0.717, 1.165) is 5.56 Å². The third kappa shape index (κ3) is 3.42. The number of nitrogens with zero attached hydrogens (tertiary/aromatic N) is 1. The van der Waals surface area contributed by atoms with Crippen molar-refractivity contribution in [2.75, 3.05) is 20.0 Å². The molecule has 2 aromatic rings. The van der Waals surface area contributed by atoms with E-state index in [4.69, 9.17) is 19.9 Å². The van der Waals surface area contributed by atoms with Gasteiger partial charge < -0.3 is 19.9 Å². The molecule has 0 atom stereocenters. The molecule has 0 fully saturated rings. The van der Waals surface area contributed by atoms with Gasteiger partial charge in [-0.2, -0.15) is 0 Å². The number of hydrogen-bond donors (Lipinski definition) is 1. The molecule has 0 unspecified atom stereocenters. The molecule has 0 spiro atoms. The number of pyridine rings is 1. The van der Waals surface area contributed by atoms with Gasteiger partial charge in [0.05, 0.1) is 25.5 Å². The zero-order valence-electron chi connectivity index (χ0n) is 11.8. The molecule has 1 aromatic carbocycles. The Morgan fingerprint density at radius 1 is 1.19 bits per heavy atom. The van der Waals surface area contributed by atoms with Gasteiger partial charge >= 0.3 is 5.97 Å². The fourth-order valence-corrected chi connectivity index (χ4v) is 1.76. The topological polar surface area (TPSA) is 83.7 Å². The van der Waals surface area contributed by atoms with E-state index < -0.39 is 5.97 Å². The first-order valence-electron chi connectivity index (χ1n) is 6.23. The summed E-state index contributed by atoms with van der Waals surface area (Å²) in [4.78, 5) is 16.0. The zero-order chi connectivity index (χ0) is 15.2. The Morgan fingerprint density at radius 2 is 1.90 bits per heavy atom. The van der Waals surface area contributed by atoms with E-state index in [2.05, 4.69) is 4.98 Å². The molecule has 0 saturated carbocycles. The van der Waals surface area contributed by atoms with Crippen molar-refractivity contribution in [1.29, 1.82) is 0 Å². The molecule has 0 saturated heterocycles. The predicted octanol–water partition coefficient (Wildman–Crippen LogP) is 2.04. The van der Waals surface area contributed by atoms with E-state index in [1.807, 2.05) is 0 Å². The van der Waals surface area contributed by atoms with Crippen molar-refractivity contribution in [3.63, 3.8) is 0 Å². The number of nitrogens with two attached hydrogens (primary N) is 1. The van der Waals surface area contributed by atoms with Crippen LogP contribution >= 0.6 is 0 Å². The second kappa shape index (κ2) is 6.60. The van der Waals surface area contributed by atoms with Crippen molar-refractivity contribution in [2.45, 2.75) is 6.61 Å². The van der Waals surface area contributed by atoms with Crippen LogP contribution in [0.15, 0.2) is 36.7 Å². The summed E-state index contributed by atoms with van der Waals surface area (Å²) in [6, 6.07) is 6.66. The minimum atomic E-state index is -0.540. The monoisotopic (exact) mass is 288 g/mol. The van der Waals surface area contributed by atoms with Crippen molar-refractivity contribution in [1.82, 2.24) is 4.98 Å². The largest absolute Gasteiger partial charge is 0.497 e. The number of nitrogen functional groups attached to an aromatic ring is 1. The molecule has 2 N–H and O–H groups in total. The summed E-state index contributed by atoms with van der Waals surface area (Å²) >= 11 is 0. The predicted molar refractivity (Wildman–Crippen MR) is 77.3 cm³/mol. The molecule has 0 amide bonds. The van der Waals surface area contributed by atoms with Crippen molar-refractivity contribution in [2.24, 2.45) is 0 Å². The normalized spacial score (nSPS) is 10.0. The van der Waals surface area contributed by atoms with Crippen molar-refractivity contribution in [3.8, 4) is 11.5 Å². The zero-order valence-corrected chi connectivity index (χ0v) is 11.8. The molecule has 1 aromatic heterocycles. The van der Waals surface area contributed by atoms with Crippen LogP contribution in [0, 0.1) is 0 Å². The van der Waals surface area contributed by atoms with Gasteiger partial charge in [-0.05, 0) is 23.8 Å². The highest BCUT2D eigenvalue weighted by atomic mass is 16.5. The van der Waals surface area contributed by atoms with Gasteiger partial charge in [0.1, 0.15) is 18.1 Å². The SMILES string of the molecule is COc1cc(OC)c(N)c(C(=O)OCc2ccncc2)c1. The van der Waals surface area contributed by atoms with Crippen LogP contribution in [-0.4, -0.2) is 25.2 Å². The Bertz CT molecular complexity index is 629. The van der Waals surface area contributed by atoms with E-state index in [0.29, 0.717) is 11.5 Å². The maximum atomic E-state index is 12.1. The van der Waals surface area contributed by atoms with Gasteiger partial charge in [0, 0.05) is 18.5 Å². The third-order valence-corrected chi connectivity index (χ3v) is 2.91. The number of rotatable bonds is 5. The molecule has 0 radical (unpaired) electrons. The summed E-state index contributed by atoms with van der Waals surface area (Å²) in [7, 11) is 2.97. The minimum absolute atomic E-state index is 0.139. The van der Waals surface area contributed by atoms with E-state index in [1.54, 1.807) is 30.6 Å². The van der Waals surface area contributed by atoms with Crippen LogP contribution in [0.3, 0.4) is 0 Å². The average Bonchev–Trinajstić information content (AvgIpc) is 2.53. The number of methoxy groups -OCH3 is 2. The number of anilines is 1. The lowest BCUT2D eigenvalue weighted by Crippen LogP contribution is -2.10. The number of hydrogen-bond acceptors (Lipinski definition) is 6. The molecule has 6 heteroatoms. The summed E-state index contributed by atoms with van der Waals surface area (Å²) in [6.45, 7) is 0.139. The molecule has 0 bridgehead atoms. The lowest BCUT2D eigenvalue weighted by atomic mass is 10.1. The van der Waals surface area contributed by atoms with E-state index >= 15 is 0 Å². The minimum Gasteiger partial charge on any atom is -0.497 e. The Hall–Kier alpha value is -2.76. The van der Waals surface area contributed by atoms with Gasteiger partial charge in [-0.15, -0.1) is 0 Å². The third-order valence-electron chi connectivity index (χ3n) is 2.91. The van der Waals surface area contributed by atoms with Crippen LogP contribution in [0.4, 0.5) is 5.69 Å². The Balaban J connectivity index is 2.18. The lowest BCUT2D eigenvalue weighted by molar-refractivity contribution is 0.0473. The molecule has 6 nitrogen and oxygen atoms in total. The van der Waals surface area contributed by atoms with Crippen molar-refractivity contribution >= 4 is 11.7 Å². The quantitative estimate of drug-likeness (QED) is 0.669. The first-order chi connectivity index (χ1) is 10.2. The van der Waals surface area contributed by atoms with Gasteiger partial charge in [-0.1, -0.05) is 0 Å². The molecular weight excluding hydrogens is 272 g/mol. The van der Waals surface area contributed by atoms with E-state index in [1.165, 1.54) is 20.3 Å². The Labute approximate surface area is 122 Å². The summed E-state index contributed by atoms with van der Waals surface area (Å²) in [5, 5.41) is 0. The number of carbonyl (C=O) groups is 1. The molecule has 21 heavy (non-hydrogen) atoms. The fraction of sp³-hybridized carbons (Fsp3) is 0.200. The first kappa shape index (κ1) is 14.6. The van der Waals surface area contributed by atoms with Crippen LogP contribution in [-0.2, 0) is 11.3 Å². The second-order valence-corrected chi connectivity index (χ2v) is 4.22. The van der Waals surface area contributed by atoms with Gasteiger partial charge in [0.25, 0.3) is 0 Å². The number of ether oxygens (including phenoxy) is 3. The van der Waals surface area contributed by atoms with Crippen LogP contribution in [0.25, 0.3) is 0 Å².